The maximum absolute atomic E-state index is 12.8. The van der Waals surface area contributed by atoms with E-state index in [0.717, 1.165) is 19.3 Å². The highest BCUT2D eigenvalue weighted by Crippen LogP contribution is 2.27. The fourth-order valence-electron chi connectivity index (χ4n) is 4.49. The van der Waals surface area contributed by atoms with Crippen LogP contribution in [0.15, 0.2) is 12.7 Å². The molecule has 154 valence electrons. The van der Waals surface area contributed by atoms with Gasteiger partial charge in [-0.2, -0.15) is 0 Å². The maximum Gasteiger partial charge on any atom is 0.224 e. The Labute approximate surface area is 163 Å². The van der Waals surface area contributed by atoms with Crippen molar-refractivity contribution < 1.29 is 19.8 Å². The first-order valence-corrected chi connectivity index (χ1v) is 10.5. The predicted molar refractivity (Wildman–Crippen MR) is 105 cm³/mol. The van der Waals surface area contributed by atoms with Gasteiger partial charge in [-0.15, -0.1) is 6.58 Å². The van der Waals surface area contributed by atoms with Gasteiger partial charge in [-0.3, -0.25) is 9.59 Å². The SMILES string of the molecule is C=CC[C@H](CC(=O)N1CCC[C@H]1CO)C(=O)N[C@H](CO)CC1CCCCC1. The Bertz CT molecular complexity index is 491. The van der Waals surface area contributed by atoms with Crippen LogP contribution in [0, 0.1) is 11.8 Å². The molecule has 27 heavy (non-hydrogen) atoms. The third kappa shape index (κ3) is 6.61. The zero-order valence-electron chi connectivity index (χ0n) is 16.4. The first kappa shape index (κ1) is 21.9. The highest BCUT2D eigenvalue weighted by molar-refractivity contribution is 5.86. The van der Waals surface area contributed by atoms with Crippen LogP contribution >= 0.6 is 0 Å². The molecule has 1 aliphatic heterocycles. The fourth-order valence-corrected chi connectivity index (χ4v) is 4.49. The summed E-state index contributed by atoms with van der Waals surface area (Å²) in [6.45, 7) is 4.26. The van der Waals surface area contributed by atoms with E-state index in [-0.39, 0.29) is 43.5 Å². The number of nitrogens with zero attached hydrogens (tertiary/aromatic N) is 1. The molecule has 1 aliphatic carbocycles. The van der Waals surface area contributed by atoms with Gasteiger partial charge in [0, 0.05) is 13.0 Å². The topological polar surface area (TPSA) is 89.9 Å². The molecular weight excluding hydrogens is 344 g/mol. The smallest absolute Gasteiger partial charge is 0.224 e. The van der Waals surface area contributed by atoms with Gasteiger partial charge in [-0.05, 0) is 31.6 Å². The molecule has 0 aromatic rings. The number of nitrogens with one attached hydrogen (secondary N) is 1. The second-order valence-corrected chi connectivity index (χ2v) is 8.12. The van der Waals surface area contributed by atoms with Crippen molar-refractivity contribution in [2.75, 3.05) is 19.8 Å². The number of hydrogen-bond acceptors (Lipinski definition) is 4. The van der Waals surface area contributed by atoms with E-state index < -0.39 is 5.92 Å². The van der Waals surface area contributed by atoms with E-state index in [1.165, 1.54) is 32.1 Å². The lowest BCUT2D eigenvalue weighted by Crippen LogP contribution is -2.44. The van der Waals surface area contributed by atoms with Crippen molar-refractivity contribution in [3.05, 3.63) is 12.7 Å². The number of carbonyl (C=O) groups excluding carboxylic acids is 2. The second-order valence-electron chi connectivity index (χ2n) is 8.12. The number of carbonyl (C=O) groups is 2. The lowest BCUT2D eigenvalue weighted by Gasteiger charge is -2.28. The normalized spacial score (nSPS) is 23.0. The lowest BCUT2D eigenvalue weighted by atomic mass is 9.85. The average molecular weight is 381 g/mol. The summed E-state index contributed by atoms with van der Waals surface area (Å²) < 4.78 is 0. The van der Waals surface area contributed by atoms with E-state index in [2.05, 4.69) is 11.9 Å². The monoisotopic (exact) mass is 380 g/mol. The standard InChI is InChI=1S/C21H36N2O4/c1-2-7-17(13-20(26)23-11-6-10-19(23)15-25)21(27)22-18(14-24)12-16-8-4-3-5-9-16/h2,16-19,24-25H,1,3-15H2,(H,22,27)/t17-,18+,19+/m1/s1. The molecule has 2 aliphatic rings. The molecule has 0 bridgehead atoms. The van der Waals surface area contributed by atoms with Crippen LogP contribution in [-0.4, -0.2) is 58.8 Å². The summed E-state index contributed by atoms with van der Waals surface area (Å²) in [4.78, 5) is 27.1. The molecule has 3 N–H and O–H groups in total. The van der Waals surface area contributed by atoms with Crippen LogP contribution in [0.4, 0.5) is 0 Å². The van der Waals surface area contributed by atoms with Gasteiger partial charge < -0.3 is 20.4 Å². The Kier molecular flexibility index (Phi) is 9.28. The highest BCUT2D eigenvalue weighted by atomic mass is 16.3. The number of allylic oxidation sites excluding steroid dienone is 1. The van der Waals surface area contributed by atoms with E-state index in [0.29, 0.717) is 18.9 Å². The van der Waals surface area contributed by atoms with Crippen molar-refractivity contribution in [3.63, 3.8) is 0 Å². The molecule has 2 fully saturated rings. The molecule has 0 aromatic heterocycles. The van der Waals surface area contributed by atoms with Crippen LogP contribution in [0.2, 0.25) is 0 Å². The van der Waals surface area contributed by atoms with E-state index in [4.69, 9.17) is 0 Å². The Balaban J connectivity index is 1.90. The van der Waals surface area contributed by atoms with Gasteiger partial charge in [0.15, 0.2) is 0 Å². The minimum absolute atomic E-state index is 0.0297. The van der Waals surface area contributed by atoms with Gasteiger partial charge in [-0.1, -0.05) is 38.2 Å². The van der Waals surface area contributed by atoms with E-state index in [1.54, 1.807) is 11.0 Å². The minimum Gasteiger partial charge on any atom is -0.394 e. The molecule has 3 atom stereocenters. The van der Waals surface area contributed by atoms with Crippen LogP contribution in [0.1, 0.15) is 64.2 Å². The molecule has 6 nitrogen and oxygen atoms in total. The van der Waals surface area contributed by atoms with Crippen molar-refractivity contribution >= 4 is 11.8 Å². The number of rotatable bonds is 10. The molecule has 0 spiro atoms. The second kappa shape index (κ2) is 11.4. The summed E-state index contributed by atoms with van der Waals surface area (Å²) in [7, 11) is 0. The summed E-state index contributed by atoms with van der Waals surface area (Å²) >= 11 is 0. The molecule has 0 aromatic carbocycles. The quantitative estimate of drug-likeness (QED) is 0.506. The molecule has 2 rings (SSSR count). The Morgan fingerprint density at radius 1 is 1.15 bits per heavy atom. The van der Waals surface area contributed by atoms with E-state index >= 15 is 0 Å². The van der Waals surface area contributed by atoms with Gasteiger partial charge in [0.2, 0.25) is 11.8 Å². The van der Waals surface area contributed by atoms with Gasteiger partial charge in [0.1, 0.15) is 0 Å². The molecule has 6 heteroatoms. The fraction of sp³-hybridized carbons (Fsp3) is 0.810. The van der Waals surface area contributed by atoms with Crippen molar-refractivity contribution in [2.45, 2.75) is 76.3 Å². The number of amides is 2. The minimum atomic E-state index is -0.477. The van der Waals surface area contributed by atoms with E-state index in [9.17, 15) is 19.8 Å². The van der Waals surface area contributed by atoms with Gasteiger partial charge in [-0.25, -0.2) is 0 Å². The highest BCUT2D eigenvalue weighted by Gasteiger charge is 2.31. The Hall–Kier alpha value is -1.40. The van der Waals surface area contributed by atoms with Crippen LogP contribution in [-0.2, 0) is 9.59 Å². The number of aliphatic hydroxyl groups is 2. The molecule has 0 radical (unpaired) electrons. The molecule has 1 heterocycles. The zero-order valence-corrected chi connectivity index (χ0v) is 16.4. The largest absolute Gasteiger partial charge is 0.394 e. The zero-order chi connectivity index (χ0) is 19.6. The molecule has 0 unspecified atom stereocenters. The molecular formula is C21H36N2O4. The van der Waals surface area contributed by atoms with Crippen molar-refractivity contribution in [1.29, 1.82) is 0 Å². The van der Waals surface area contributed by atoms with E-state index in [1.807, 2.05) is 0 Å². The predicted octanol–water partition coefficient (Wildman–Crippen LogP) is 2.00. The number of aliphatic hydroxyl groups excluding tert-OH is 2. The van der Waals surface area contributed by atoms with Crippen molar-refractivity contribution in [1.82, 2.24) is 10.2 Å². The summed E-state index contributed by atoms with van der Waals surface area (Å²) in [5, 5.41) is 22.1. The third-order valence-corrected chi connectivity index (χ3v) is 6.06. The average Bonchev–Trinajstić information content (AvgIpc) is 3.16. The molecule has 2 amide bonds. The number of hydrogen-bond donors (Lipinski definition) is 3. The van der Waals surface area contributed by atoms with Crippen LogP contribution in [0.5, 0.6) is 0 Å². The summed E-state index contributed by atoms with van der Waals surface area (Å²) in [5.41, 5.74) is 0. The third-order valence-electron chi connectivity index (χ3n) is 6.06. The van der Waals surface area contributed by atoms with Gasteiger partial charge in [0.25, 0.3) is 0 Å². The summed E-state index contributed by atoms with van der Waals surface area (Å²) in [6.07, 6.45) is 10.8. The Morgan fingerprint density at radius 3 is 2.52 bits per heavy atom. The molecule has 1 saturated carbocycles. The van der Waals surface area contributed by atoms with Crippen molar-refractivity contribution in [2.24, 2.45) is 11.8 Å². The first-order valence-electron chi connectivity index (χ1n) is 10.5. The maximum atomic E-state index is 12.8. The summed E-state index contributed by atoms with van der Waals surface area (Å²) in [6, 6.07) is -0.374. The lowest BCUT2D eigenvalue weighted by molar-refractivity contribution is -0.137. The van der Waals surface area contributed by atoms with Crippen LogP contribution in [0.25, 0.3) is 0 Å². The molecule has 1 saturated heterocycles. The summed E-state index contributed by atoms with van der Waals surface area (Å²) in [5.74, 6) is -0.180. The van der Waals surface area contributed by atoms with Gasteiger partial charge >= 0.3 is 0 Å². The first-order chi connectivity index (χ1) is 13.1. The number of likely N-dealkylation sites (tertiary alicyclic amines) is 1. The van der Waals surface area contributed by atoms with Crippen LogP contribution < -0.4 is 5.32 Å². The Morgan fingerprint density at radius 2 is 1.89 bits per heavy atom. The van der Waals surface area contributed by atoms with Gasteiger partial charge in [0.05, 0.1) is 31.2 Å². The van der Waals surface area contributed by atoms with Crippen LogP contribution in [0.3, 0.4) is 0 Å². The van der Waals surface area contributed by atoms with Crippen molar-refractivity contribution in [3.8, 4) is 0 Å².